The summed E-state index contributed by atoms with van der Waals surface area (Å²) in [5.74, 6) is 0.961. The zero-order valence-electron chi connectivity index (χ0n) is 9.91. The molecule has 0 aliphatic heterocycles. The van der Waals surface area contributed by atoms with E-state index in [1.165, 1.54) is 5.56 Å². The maximum atomic E-state index is 5.34. The molecule has 0 bridgehead atoms. The van der Waals surface area contributed by atoms with E-state index in [1.807, 2.05) is 25.1 Å². The lowest BCUT2D eigenvalue weighted by Crippen LogP contribution is -2.08. The van der Waals surface area contributed by atoms with Crippen molar-refractivity contribution in [3.8, 4) is 5.75 Å². The monoisotopic (exact) mass is 286 g/mol. The van der Waals surface area contributed by atoms with Crippen LogP contribution in [0.1, 0.15) is 18.9 Å². The van der Waals surface area contributed by atoms with E-state index in [2.05, 4.69) is 22.0 Å². The second-order valence-corrected chi connectivity index (χ2v) is 4.89. The molecule has 1 rings (SSSR count). The van der Waals surface area contributed by atoms with Gasteiger partial charge in [0.2, 0.25) is 0 Å². The molecule has 0 aromatic heterocycles. The topological polar surface area (TPSA) is 18.5 Å². The number of alkyl halides is 1. The van der Waals surface area contributed by atoms with Gasteiger partial charge in [0.25, 0.3) is 0 Å². The lowest BCUT2D eigenvalue weighted by atomic mass is 10.1. The number of para-hydroxylation sites is 1. The Morgan fingerprint density at radius 1 is 1.31 bits per heavy atom. The fourth-order valence-corrected chi connectivity index (χ4v) is 2.10. The lowest BCUT2D eigenvalue weighted by Gasteiger charge is -2.12. The van der Waals surface area contributed by atoms with Crippen LogP contribution in [0.3, 0.4) is 0 Å². The maximum absolute atomic E-state index is 5.34. The number of rotatable bonds is 7. The molecular formula is C13H19BrO2. The molecule has 0 aliphatic carbocycles. The molecule has 16 heavy (non-hydrogen) atoms. The molecule has 0 saturated carbocycles. The number of benzene rings is 1. The second kappa shape index (κ2) is 7.69. The van der Waals surface area contributed by atoms with Gasteiger partial charge in [0.1, 0.15) is 5.75 Å². The van der Waals surface area contributed by atoms with E-state index >= 15 is 0 Å². The fraction of sp³-hybridized carbons (Fsp3) is 0.538. The van der Waals surface area contributed by atoms with Crippen LogP contribution in [0.25, 0.3) is 0 Å². The summed E-state index contributed by atoms with van der Waals surface area (Å²) in [6.45, 7) is 3.61. The molecule has 0 fully saturated rings. The summed E-state index contributed by atoms with van der Waals surface area (Å²) in [5.41, 5.74) is 1.24. The molecule has 0 N–H and O–H groups in total. The number of hydrogen-bond acceptors (Lipinski definition) is 2. The van der Waals surface area contributed by atoms with Gasteiger partial charge in [-0.05, 0) is 31.4 Å². The molecule has 2 nitrogen and oxygen atoms in total. The Bertz CT molecular complexity index is 302. The molecule has 1 atom stereocenters. The third-order valence-corrected chi connectivity index (χ3v) is 3.20. The van der Waals surface area contributed by atoms with E-state index in [0.29, 0.717) is 4.83 Å². The Morgan fingerprint density at radius 3 is 2.75 bits per heavy atom. The summed E-state index contributed by atoms with van der Waals surface area (Å²) in [4.78, 5) is 0.440. The highest BCUT2D eigenvalue weighted by Crippen LogP contribution is 2.22. The molecule has 0 heterocycles. The molecule has 1 unspecified atom stereocenters. The molecule has 0 radical (unpaired) electrons. The minimum atomic E-state index is 0.440. The third kappa shape index (κ3) is 4.54. The van der Waals surface area contributed by atoms with Gasteiger partial charge in [0.05, 0.1) is 7.11 Å². The van der Waals surface area contributed by atoms with Gasteiger partial charge in [-0.25, -0.2) is 0 Å². The SMILES string of the molecule is CCOCCC(Br)Cc1ccccc1OC. The minimum absolute atomic E-state index is 0.440. The Morgan fingerprint density at radius 2 is 2.06 bits per heavy atom. The van der Waals surface area contributed by atoms with Gasteiger partial charge in [-0.3, -0.25) is 0 Å². The van der Waals surface area contributed by atoms with Gasteiger partial charge in [-0.1, -0.05) is 34.1 Å². The van der Waals surface area contributed by atoms with Crippen molar-refractivity contribution in [1.82, 2.24) is 0 Å². The van der Waals surface area contributed by atoms with Crippen molar-refractivity contribution in [2.75, 3.05) is 20.3 Å². The van der Waals surface area contributed by atoms with E-state index < -0.39 is 0 Å². The Kier molecular flexibility index (Phi) is 6.50. The first-order valence-corrected chi connectivity index (χ1v) is 6.53. The first-order chi connectivity index (χ1) is 7.77. The summed E-state index contributed by atoms with van der Waals surface area (Å²) in [5, 5.41) is 0. The van der Waals surface area contributed by atoms with Crippen LogP contribution in [-0.2, 0) is 11.2 Å². The maximum Gasteiger partial charge on any atom is 0.122 e. The van der Waals surface area contributed by atoms with Crippen molar-refractivity contribution in [2.45, 2.75) is 24.6 Å². The van der Waals surface area contributed by atoms with Crippen molar-refractivity contribution >= 4 is 15.9 Å². The van der Waals surface area contributed by atoms with E-state index in [0.717, 1.165) is 31.8 Å². The molecule has 3 heteroatoms. The largest absolute Gasteiger partial charge is 0.496 e. The van der Waals surface area contributed by atoms with Crippen LogP contribution in [0.5, 0.6) is 5.75 Å². The second-order valence-electron chi connectivity index (χ2n) is 3.60. The van der Waals surface area contributed by atoms with E-state index in [-0.39, 0.29) is 0 Å². The highest BCUT2D eigenvalue weighted by Gasteiger charge is 2.09. The van der Waals surface area contributed by atoms with Crippen molar-refractivity contribution < 1.29 is 9.47 Å². The van der Waals surface area contributed by atoms with Crippen LogP contribution in [0.4, 0.5) is 0 Å². The van der Waals surface area contributed by atoms with Crippen LogP contribution in [0, 0.1) is 0 Å². The normalized spacial score (nSPS) is 12.4. The minimum Gasteiger partial charge on any atom is -0.496 e. The van der Waals surface area contributed by atoms with E-state index in [9.17, 15) is 0 Å². The van der Waals surface area contributed by atoms with Crippen molar-refractivity contribution in [3.05, 3.63) is 29.8 Å². The van der Waals surface area contributed by atoms with Crippen LogP contribution in [0.2, 0.25) is 0 Å². The number of halogens is 1. The summed E-state index contributed by atoms with van der Waals surface area (Å²) in [6.07, 6.45) is 1.99. The summed E-state index contributed by atoms with van der Waals surface area (Å²) >= 11 is 3.67. The standard InChI is InChI=1S/C13H19BrO2/c1-3-16-9-8-12(14)10-11-6-4-5-7-13(11)15-2/h4-7,12H,3,8-10H2,1-2H3. The molecule has 90 valence electrons. The molecular weight excluding hydrogens is 268 g/mol. The van der Waals surface area contributed by atoms with Crippen LogP contribution < -0.4 is 4.74 Å². The Hall–Kier alpha value is -0.540. The van der Waals surface area contributed by atoms with Crippen LogP contribution in [0.15, 0.2) is 24.3 Å². The molecule has 1 aromatic carbocycles. The molecule has 0 amide bonds. The Labute approximate surface area is 106 Å². The summed E-state index contributed by atoms with van der Waals surface area (Å²) in [7, 11) is 1.71. The molecule has 0 saturated heterocycles. The third-order valence-electron chi connectivity index (χ3n) is 2.41. The first kappa shape index (κ1) is 13.5. The van der Waals surface area contributed by atoms with Crippen LogP contribution in [-0.4, -0.2) is 25.2 Å². The molecule has 0 spiro atoms. The zero-order chi connectivity index (χ0) is 11.8. The molecule has 0 aliphatic rings. The molecule has 1 aromatic rings. The van der Waals surface area contributed by atoms with Gasteiger partial charge in [0, 0.05) is 18.0 Å². The Balaban J connectivity index is 2.45. The van der Waals surface area contributed by atoms with Gasteiger partial charge >= 0.3 is 0 Å². The average molecular weight is 287 g/mol. The van der Waals surface area contributed by atoms with Gasteiger partial charge in [0.15, 0.2) is 0 Å². The van der Waals surface area contributed by atoms with Gasteiger partial charge < -0.3 is 9.47 Å². The summed E-state index contributed by atoms with van der Waals surface area (Å²) < 4.78 is 10.7. The zero-order valence-corrected chi connectivity index (χ0v) is 11.5. The quantitative estimate of drug-likeness (QED) is 0.565. The van der Waals surface area contributed by atoms with Crippen molar-refractivity contribution in [2.24, 2.45) is 0 Å². The van der Waals surface area contributed by atoms with E-state index in [4.69, 9.17) is 9.47 Å². The lowest BCUT2D eigenvalue weighted by molar-refractivity contribution is 0.145. The predicted molar refractivity (Wildman–Crippen MR) is 70.5 cm³/mol. The number of methoxy groups -OCH3 is 1. The average Bonchev–Trinajstić information content (AvgIpc) is 2.30. The van der Waals surface area contributed by atoms with Gasteiger partial charge in [-0.15, -0.1) is 0 Å². The van der Waals surface area contributed by atoms with Crippen molar-refractivity contribution in [1.29, 1.82) is 0 Å². The van der Waals surface area contributed by atoms with E-state index in [1.54, 1.807) is 7.11 Å². The smallest absolute Gasteiger partial charge is 0.122 e. The van der Waals surface area contributed by atoms with Crippen LogP contribution >= 0.6 is 15.9 Å². The fourth-order valence-electron chi connectivity index (χ4n) is 1.57. The number of ether oxygens (including phenoxy) is 2. The summed E-state index contributed by atoms with van der Waals surface area (Å²) in [6, 6.07) is 8.14. The number of hydrogen-bond donors (Lipinski definition) is 0. The first-order valence-electron chi connectivity index (χ1n) is 5.61. The van der Waals surface area contributed by atoms with Crippen molar-refractivity contribution in [3.63, 3.8) is 0 Å². The highest BCUT2D eigenvalue weighted by molar-refractivity contribution is 9.09. The predicted octanol–water partition coefficient (Wildman–Crippen LogP) is 3.43. The van der Waals surface area contributed by atoms with Gasteiger partial charge in [-0.2, -0.15) is 0 Å². The highest BCUT2D eigenvalue weighted by atomic mass is 79.9.